The van der Waals surface area contributed by atoms with Gasteiger partial charge in [-0.1, -0.05) is 24.6 Å². The van der Waals surface area contributed by atoms with E-state index in [-0.39, 0.29) is 23.8 Å². The van der Waals surface area contributed by atoms with Gasteiger partial charge in [-0.25, -0.2) is 4.39 Å². The topological polar surface area (TPSA) is 20.2 Å². The van der Waals surface area contributed by atoms with Gasteiger partial charge < -0.3 is 5.11 Å². The van der Waals surface area contributed by atoms with E-state index < -0.39 is 0 Å². The molecule has 2 unspecified atom stereocenters. The van der Waals surface area contributed by atoms with Crippen LogP contribution in [0.25, 0.3) is 0 Å². The molecule has 0 bridgehead atoms. The Morgan fingerprint density at radius 1 is 1.31 bits per heavy atom. The second-order valence-corrected chi connectivity index (χ2v) is 5.23. The molecule has 1 nitrogen and oxygen atoms in total. The Hall–Kier alpha value is -0.890. The lowest BCUT2D eigenvalue weighted by atomic mass is 9.69. The molecule has 2 aliphatic rings. The van der Waals surface area contributed by atoms with Gasteiger partial charge in [0.2, 0.25) is 0 Å². The van der Waals surface area contributed by atoms with Crippen molar-refractivity contribution in [3.05, 3.63) is 35.6 Å². The molecule has 0 spiro atoms. The fraction of sp³-hybridized carbons (Fsp3) is 0.571. The maximum atomic E-state index is 13.9. The van der Waals surface area contributed by atoms with Crippen LogP contribution >= 0.6 is 0 Å². The van der Waals surface area contributed by atoms with Gasteiger partial charge in [-0.2, -0.15) is 0 Å². The van der Waals surface area contributed by atoms with E-state index in [2.05, 4.69) is 0 Å². The highest BCUT2D eigenvalue weighted by atomic mass is 19.1. The standard InChI is InChI=1S/C14H17FO/c15-13-7-2-1-6-12(13)14(8-11(14)9-16)10-4-3-5-10/h1-2,6-7,10-11,16H,3-5,8-9H2. The van der Waals surface area contributed by atoms with Crippen LogP contribution in [0.3, 0.4) is 0 Å². The zero-order valence-electron chi connectivity index (χ0n) is 9.32. The van der Waals surface area contributed by atoms with Crippen molar-refractivity contribution in [2.24, 2.45) is 11.8 Å². The molecule has 2 atom stereocenters. The Balaban J connectivity index is 1.98. The molecule has 2 fully saturated rings. The molecule has 0 radical (unpaired) electrons. The van der Waals surface area contributed by atoms with E-state index in [4.69, 9.17) is 0 Å². The summed E-state index contributed by atoms with van der Waals surface area (Å²) >= 11 is 0. The molecule has 0 saturated heterocycles. The predicted molar refractivity (Wildman–Crippen MR) is 60.6 cm³/mol. The van der Waals surface area contributed by atoms with Gasteiger partial charge in [0, 0.05) is 12.0 Å². The summed E-state index contributed by atoms with van der Waals surface area (Å²) in [5.74, 6) is 0.793. The van der Waals surface area contributed by atoms with Crippen molar-refractivity contribution in [1.29, 1.82) is 0 Å². The third-order valence-corrected chi connectivity index (χ3v) is 4.58. The van der Waals surface area contributed by atoms with Gasteiger partial charge in [-0.15, -0.1) is 0 Å². The lowest BCUT2D eigenvalue weighted by Crippen LogP contribution is -2.30. The molecule has 1 aromatic rings. The molecule has 16 heavy (non-hydrogen) atoms. The average Bonchev–Trinajstić information content (AvgIpc) is 2.91. The van der Waals surface area contributed by atoms with Gasteiger partial charge in [-0.3, -0.25) is 0 Å². The number of hydrogen-bond donors (Lipinski definition) is 1. The van der Waals surface area contributed by atoms with E-state index in [9.17, 15) is 9.50 Å². The molecule has 2 saturated carbocycles. The summed E-state index contributed by atoms with van der Waals surface area (Å²) < 4.78 is 13.9. The van der Waals surface area contributed by atoms with Crippen LogP contribution in [0, 0.1) is 17.7 Å². The largest absolute Gasteiger partial charge is 0.396 e. The van der Waals surface area contributed by atoms with E-state index in [0.29, 0.717) is 5.92 Å². The summed E-state index contributed by atoms with van der Waals surface area (Å²) in [6.45, 7) is 0.199. The molecule has 1 N–H and O–H groups in total. The van der Waals surface area contributed by atoms with E-state index in [1.54, 1.807) is 12.1 Å². The maximum absolute atomic E-state index is 13.9. The number of benzene rings is 1. The molecule has 3 rings (SSSR count). The summed E-state index contributed by atoms with van der Waals surface area (Å²) in [5.41, 5.74) is 0.817. The van der Waals surface area contributed by atoms with Crippen molar-refractivity contribution >= 4 is 0 Å². The minimum absolute atomic E-state index is 0.0294. The fourth-order valence-corrected chi connectivity index (χ4v) is 3.39. The normalized spacial score (nSPS) is 33.5. The average molecular weight is 220 g/mol. The second kappa shape index (κ2) is 3.56. The van der Waals surface area contributed by atoms with Crippen LogP contribution in [-0.2, 0) is 5.41 Å². The summed E-state index contributed by atoms with van der Waals surface area (Å²) in [7, 11) is 0. The first-order valence-electron chi connectivity index (χ1n) is 6.15. The van der Waals surface area contributed by atoms with Gasteiger partial charge in [-0.05, 0) is 42.7 Å². The first-order chi connectivity index (χ1) is 7.79. The van der Waals surface area contributed by atoms with Gasteiger partial charge >= 0.3 is 0 Å². The fourth-order valence-electron chi connectivity index (χ4n) is 3.39. The Bertz CT molecular complexity index is 399. The van der Waals surface area contributed by atoms with Gasteiger partial charge in [0.25, 0.3) is 0 Å². The van der Waals surface area contributed by atoms with Crippen LogP contribution in [0.1, 0.15) is 31.2 Å². The van der Waals surface area contributed by atoms with Gasteiger partial charge in [0.05, 0.1) is 0 Å². The van der Waals surface area contributed by atoms with E-state index in [1.165, 1.54) is 19.3 Å². The molecule has 0 aromatic heterocycles. The quantitative estimate of drug-likeness (QED) is 0.830. The molecule has 2 heteroatoms. The smallest absolute Gasteiger partial charge is 0.126 e. The Morgan fingerprint density at radius 2 is 2.06 bits per heavy atom. The van der Waals surface area contributed by atoms with Crippen molar-refractivity contribution in [2.45, 2.75) is 31.1 Å². The van der Waals surface area contributed by atoms with Crippen LogP contribution in [0.4, 0.5) is 4.39 Å². The first kappa shape index (κ1) is 10.3. The van der Waals surface area contributed by atoms with Crippen molar-refractivity contribution in [3.8, 4) is 0 Å². The highest BCUT2D eigenvalue weighted by Crippen LogP contribution is 2.64. The summed E-state index contributed by atoms with van der Waals surface area (Å²) in [6, 6.07) is 7.10. The monoisotopic (exact) mass is 220 g/mol. The lowest BCUT2D eigenvalue weighted by molar-refractivity contribution is 0.194. The highest BCUT2D eigenvalue weighted by molar-refractivity contribution is 5.37. The van der Waals surface area contributed by atoms with Crippen LogP contribution in [0.15, 0.2) is 24.3 Å². The molecule has 0 heterocycles. The molecule has 2 aliphatic carbocycles. The lowest BCUT2D eigenvalue weighted by Gasteiger charge is -2.35. The Morgan fingerprint density at radius 3 is 2.56 bits per heavy atom. The zero-order valence-corrected chi connectivity index (χ0v) is 9.32. The number of rotatable bonds is 3. The molecule has 0 amide bonds. The first-order valence-corrected chi connectivity index (χ1v) is 6.15. The van der Waals surface area contributed by atoms with E-state index in [0.717, 1.165) is 12.0 Å². The van der Waals surface area contributed by atoms with Crippen LogP contribution in [-0.4, -0.2) is 11.7 Å². The molecule has 1 aromatic carbocycles. The van der Waals surface area contributed by atoms with Crippen LogP contribution in [0.5, 0.6) is 0 Å². The number of aliphatic hydroxyl groups is 1. The van der Waals surface area contributed by atoms with Gasteiger partial charge in [0.15, 0.2) is 0 Å². The zero-order chi connectivity index (χ0) is 11.2. The minimum Gasteiger partial charge on any atom is -0.396 e. The maximum Gasteiger partial charge on any atom is 0.126 e. The number of hydrogen-bond acceptors (Lipinski definition) is 1. The number of aliphatic hydroxyl groups excluding tert-OH is 1. The Labute approximate surface area is 95.3 Å². The van der Waals surface area contributed by atoms with Crippen LogP contribution in [0.2, 0.25) is 0 Å². The van der Waals surface area contributed by atoms with Crippen molar-refractivity contribution in [1.82, 2.24) is 0 Å². The number of halogens is 1. The highest BCUT2D eigenvalue weighted by Gasteiger charge is 2.61. The third-order valence-electron chi connectivity index (χ3n) is 4.58. The molecule has 0 aliphatic heterocycles. The molecule has 86 valence electrons. The third kappa shape index (κ3) is 1.26. The van der Waals surface area contributed by atoms with Crippen molar-refractivity contribution in [2.75, 3.05) is 6.61 Å². The summed E-state index contributed by atoms with van der Waals surface area (Å²) in [6.07, 6.45) is 4.63. The summed E-state index contributed by atoms with van der Waals surface area (Å²) in [5, 5.41) is 9.34. The SMILES string of the molecule is OCC1CC1(c1ccccc1F)C1CCC1. The minimum atomic E-state index is -0.0923. The van der Waals surface area contributed by atoms with Gasteiger partial charge in [0.1, 0.15) is 5.82 Å². The predicted octanol–water partition coefficient (Wildman–Crippen LogP) is 2.88. The van der Waals surface area contributed by atoms with Crippen molar-refractivity contribution < 1.29 is 9.50 Å². The van der Waals surface area contributed by atoms with E-state index in [1.807, 2.05) is 12.1 Å². The second-order valence-electron chi connectivity index (χ2n) is 5.23. The molecular weight excluding hydrogens is 203 g/mol. The van der Waals surface area contributed by atoms with Crippen LogP contribution < -0.4 is 0 Å². The Kier molecular flexibility index (Phi) is 2.28. The van der Waals surface area contributed by atoms with Crippen molar-refractivity contribution in [3.63, 3.8) is 0 Å². The van der Waals surface area contributed by atoms with E-state index >= 15 is 0 Å². The molecular formula is C14H17FO. The summed E-state index contributed by atoms with van der Waals surface area (Å²) in [4.78, 5) is 0.